The van der Waals surface area contributed by atoms with E-state index in [-0.39, 0.29) is 0 Å². The highest BCUT2D eigenvalue weighted by molar-refractivity contribution is 5.49. The van der Waals surface area contributed by atoms with Gasteiger partial charge < -0.3 is 14.4 Å². The number of anilines is 1. The second-order valence-electron chi connectivity index (χ2n) is 5.24. The zero-order valence-electron chi connectivity index (χ0n) is 11.0. The van der Waals surface area contributed by atoms with Gasteiger partial charge in [-0.2, -0.15) is 0 Å². The summed E-state index contributed by atoms with van der Waals surface area (Å²) in [6, 6.07) is 8.89. The van der Waals surface area contributed by atoms with E-state index >= 15 is 0 Å². The highest BCUT2D eigenvalue weighted by Crippen LogP contribution is 2.23. The van der Waals surface area contributed by atoms with E-state index in [0.717, 1.165) is 32.7 Å². The third-order valence-corrected chi connectivity index (χ3v) is 3.47. The zero-order valence-corrected chi connectivity index (χ0v) is 11.0. The van der Waals surface area contributed by atoms with Gasteiger partial charge >= 0.3 is 0 Å². The summed E-state index contributed by atoms with van der Waals surface area (Å²) in [5, 5.41) is 0. The smallest absolute Gasteiger partial charge is 0.0984 e. The Morgan fingerprint density at radius 2 is 1.83 bits per heavy atom. The lowest BCUT2D eigenvalue weighted by atomic mass is 10.1. The van der Waals surface area contributed by atoms with Crippen molar-refractivity contribution in [1.82, 2.24) is 0 Å². The average Bonchev–Trinajstić information content (AvgIpc) is 3.24. The van der Waals surface area contributed by atoms with Crippen LogP contribution >= 0.6 is 0 Å². The number of ether oxygens (including phenoxy) is 2. The van der Waals surface area contributed by atoms with Gasteiger partial charge in [0, 0.05) is 18.8 Å². The first-order valence-electron chi connectivity index (χ1n) is 6.92. The minimum absolute atomic E-state index is 0.429. The van der Waals surface area contributed by atoms with E-state index < -0.39 is 0 Å². The van der Waals surface area contributed by atoms with Crippen molar-refractivity contribution in [3.05, 3.63) is 29.8 Å². The van der Waals surface area contributed by atoms with Crippen LogP contribution in [0.5, 0.6) is 0 Å². The van der Waals surface area contributed by atoms with Crippen LogP contribution < -0.4 is 4.90 Å². The fourth-order valence-corrected chi connectivity index (χ4v) is 2.32. The summed E-state index contributed by atoms with van der Waals surface area (Å²) >= 11 is 0. The van der Waals surface area contributed by atoms with E-state index in [2.05, 4.69) is 36.1 Å². The molecule has 2 aliphatic rings. The normalized spacial score (nSPS) is 24.9. The number of hydrogen-bond acceptors (Lipinski definition) is 3. The first-order chi connectivity index (χ1) is 8.85. The van der Waals surface area contributed by atoms with Gasteiger partial charge in [0.05, 0.1) is 25.4 Å². The molecule has 3 rings (SSSR count). The van der Waals surface area contributed by atoms with E-state index in [4.69, 9.17) is 9.47 Å². The van der Waals surface area contributed by atoms with Crippen LogP contribution in [0.1, 0.15) is 18.9 Å². The summed E-state index contributed by atoms with van der Waals surface area (Å²) in [4.78, 5) is 2.41. The highest BCUT2D eigenvalue weighted by Gasteiger charge is 2.30. The molecule has 0 bridgehead atoms. The lowest BCUT2D eigenvalue weighted by molar-refractivity contribution is 0.389. The van der Waals surface area contributed by atoms with Crippen LogP contribution in [-0.4, -0.2) is 38.5 Å². The number of hydrogen-bond donors (Lipinski definition) is 0. The van der Waals surface area contributed by atoms with Gasteiger partial charge in [0.1, 0.15) is 0 Å². The van der Waals surface area contributed by atoms with Crippen molar-refractivity contribution in [3.8, 4) is 0 Å². The first-order valence-corrected chi connectivity index (χ1v) is 6.92. The van der Waals surface area contributed by atoms with E-state index in [0.29, 0.717) is 12.2 Å². The van der Waals surface area contributed by atoms with Crippen molar-refractivity contribution in [3.63, 3.8) is 0 Å². The Morgan fingerprint density at radius 3 is 2.39 bits per heavy atom. The maximum absolute atomic E-state index is 5.36. The van der Waals surface area contributed by atoms with Gasteiger partial charge in [0.15, 0.2) is 0 Å². The summed E-state index contributed by atoms with van der Waals surface area (Å²) in [5.74, 6) is 0. The Bertz CT molecular complexity index is 385. The standard InChI is InChI=1S/C15H21NO2/c1-2-4-12-5-3-6-13(7-12)16(8-14-10-17-14)9-15-11-18-15/h3,5-7,14-15H,2,4,8-11H2,1H3. The number of nitrogens with zero attached hydrogens (tertiary/aromatic N) is 1. The van der Waals surface area contributed by atoms with Crippen molar-refractivity contribution in [2.45, 2.75) is 32.0 Å². The predicted molar refractivity (Wildman–Crippen MR) is 72.1 cm³/mol. The molecule has 18 heavy (non-hydrogen) atoms. The summed E-state index contributed by atoms with van der Waals surface area (Å²) in [5.41, 5.74) is 2.74. The summed E-state index contributed by atoms with van der Waals surface area (Å²) in [6.45, 7) is 6.04. The molecule has 3 heteroatoms. The summed E-state index contributed by atoms with van der Waals surface area (Å²) < 4.78 is 10.7. The second kappa shape index (κ2) is 5.29. The first kappa shape index (κ1) is 12.0. The largest absolute Gasteiger partial charge is 0.371 e. The Labute approximate surface area is 109 Å². The lowest BCUT2D eigenvalue weighted by Crippen LogP contribution is -2.31. The number of benzene rings is 1. The molecule has 0 amide bonds. The van der Waals surface area contributed by atoms with Crippen LogP contribution in [0, 0.1) is 0 Å². The molecule has 0 spiro atoms. The van der Waals surface area contributed by atoms with Gasteiger partial charge in [-0.1, -0.05) is 25.5 Å². The van der Waals surface area contributed by atoms with Gasteiger partial charge in [0.25, 0.3) is 0 Å². The SMILES string of the molecule is CCCc1cccc(N(CC2CO2)CC2CO2)c1. The second-order valence-corrected chi connectivity index (χ2v) is 5.24. The van der Waals surface area contributed by atoms with Gasteiger partial charge in [-0.25, -0.2) is 0 Å². The molecule has 0 radical (unpaired) electrons. The van der Waals surface area contributed by atoms with Gasteiger partial charge in [-0.05, 0) is 24.1 Å². The molecule has 2 aliphatic heterocycles. The van der Waals surface area contributed by atoms with Gasteiger partial charge in [0.2, 0.25) is 0 Å². The van der Waals surface area contributed by atoms with Crippen LogP contribution in [0.2, 0.25) is 0 Å². The van der Waals surface area contributed by atoms with E-state index in [1.807, 2.05) is 0 Å². The molecule has 1 aromatic rings. The summed E-state index contributed by atoms with van der Waals surface area (Å²) in [6.07, 6.45) is 3.21. The fourth-order valence-electron chi connectivity index (χ4n) is 2.32. The summed E-state index contributed by atoms with van der Waals surface area (Å²) in [7, 11) is 0. The number of epoxide rings is 2. The Morgan fingerprint density at radius 1 is 1.17 bits per heavy atom. The van der Waals surface area contributed by atoms with Crippen molar-refractivity contribution in [2.75, 3.05) is 31.2 Å². The molecule has 0 N–H and O–H groups in total. The van der Waals surface area contributed by atoms with Gasteiger partial charge in [-0.3, -0.25) is 0 Å². The van der Waals surface area contributed by atoms with E-state index in [1.54, 1.807) is 0 Å². The van der Waals surface area contributed by atoms with Crippen molar-refractivity contribution < 1.29 is 9.47 Å². The molecule has 2 unspecified atom stereocenters. The molecule has 0 aliphatic carbocycles. The van der Waals surface area contributed by atoms with Crippen LogP contribution in [0.25, 0.3) is 0 Å². The van der Waals surface area contributed by atoms with Gasteiger partial charge in [-0.15, -0.1) is 0 Å². The molecule has 2 heterocycles. The molecular weight excluding hydrogens is 226 g/mol. The van der Waals surface area contributed by atoms with Crippen LogP contribution in [-0.2, 0) is 15.9 Å². The van der Waals surface area contributed by atoms with Crippen LogP contribution in [0.4, 0.5) is 5.69 Å². The Hall–Kier alpha value is -1.06. The quantitative estimate of drug-likeness (QED) is 0.692. The molecular formula is C15H21NO2. The minimum Gasteiger partial charge on any atom is -0.371 e. The van der Waals surface area contributed by atoms with Crippen molar-refractivity contribution in [1.29, 1.82) is 0 Å². The Balaban J connectivity index is 1.71. The van der Waals surface area contributed by atoms with Crippen molar-refractivity contribution in [2.24, 2.45) is 0 Å². The molecule has 2 saturated heterocycles. The molecule has 2 fully saturated rings. The lowest BCUT2D eigenvalue weighted by Gasteiger charge is -2.23. The fraction of sp³-hybridized carbons (Fsp3) is 0.600. The molecule has 1 aromatic carbocycles. The predicted octanol–water partition coefficient (Wildman–Crippen LogP) is 2.24. The van der Waals surface area contributed by atoms with Crippen molar-refractivity contribution >= 4 is 5.69 Å². The molecule has 0 saturated carbocycles. The zero-order chi connectivity index (χ0) is 12.4. The third-order valence-electron chi connectivity index (χ3n) is 3.47. The molecule has 0 aromatic heterocycles. The molecule has 2 atom stereocenters. The minimum atomic E-state index is 0.429. The monoisotopic (exact) mass is 247 g/mol. The topological polar surface area (TPSA) is 28.3 Å². The molecule has 98 valence electrons. The van der Waals surface area contributed by atoms with E-state index in [1.165, 1.54) is 17.7 Å². The van der Waals surface area contributed by atoms with Crippen LogP contribution in [0.3, 0.4) is 0 Å². The number of rotatable bonds is 7. The third kappa shape index (κ3) is 3.24. The Kier molecular flexibility index (Phi) is 3.52. The maximum Gasteiger partial charge on any atom is 0.0984 e. The maximum atomic E-state index is 5.36. The molecule has 3 nitrogen and oxygen atoms in total. The number of aryl methyl sites for hydroxylation is 1. The average molecular weight is 247 g/mol. The van der Waals surface area contributed by atoms with Crippen LogP contribution in [0.15, 0.2) is 24.3 Å². The van der Waals surface area contributed by atoms with E-state index in [9.17, 15) is 0 Å². The highest BCUT2D eigenvalue weighted by atomic mass is 16.6.